The van der Waals surface area contributed by atoms with Gasteiger partial charge in [0, 0.05) is 18.8 Å². The minimum absolute atomic E-state index is 0.173. The van der Waals surface area contributed by atoms with Crippen molar-refractivity contribution in [2.45, 2.75) is 78.2 Å². The molecule has 0 bridgehead atoms. The van der Waals surface area contributed by atoms with Crippen molar-refractivity contribution < 1.29 is 14.7 Å². The van der Waals surface area contributed by atoms with Crippen LogP contribution in [0.3, 0.4) is 0 Å². The summed E-state index contributed by atoms with van der Waals surface area (Å²) in [6.45, 7) is 6.56. The maximum atomic E-state index is 11.9. The molecule has 0 spiro atoms. The summed E-state index contributed by atoms with van der Waals surface area (Å²) in [7, 11) is 0. The number of nitrogens with zero attached hydrogens (tertiary/aromatic N) is 1. The van der Waals surface area contributed by atoms with Crippen LogP contribution in [0.5, 0.6) is 0 Å². The normalized spacial score (nSPS) is 46.8. The molecule has 0 aromatic heterocycles. The molecular formula is C21H31NO3. The van der Waals surface area contributed by atoms with Crippen molar-refractivity contribution in [1.82, 2.24) is 0 Å². The van der Waals surface area contributed by atoms with Crippen LogP contribution < -0.4 is 0 Å². The second-order valence-corrected chi connectivity index (χ2v) is 9.32. The summed E-state index contributed by atoms with van der Waals surface area (Å²) in [5.41, 5.74) is 1.86. The number of ketones is 1. The summed E-state index contributed by atoms with van der Waals surface area (Å²) < 4.78 is 6.00. The second kappa shape index (κ2) is 5.85. The van der Waals surface area contributed by atoms with Gasteiger partial charge in [-0.15, -0.1) is 0 Å². The van der Waals surface area contributed by atoms with E-state index in [4.69, 9.17) is 9.94 Å². The molecule has 1 N–H and O–H groups in total. The Morgan fingerprint density at radius 2 is 1.96 bits per heavy atom. The van der Waals surface area contributed by atoms with Crippen molar-refractivity contribution in [2.24, 2.45) is 33.7 Å². The first-order valence-corrected chi connectivity index (χ1v) is 9.97. The largest absolute Gasteiger partial charge is 0.475 e. The SMILES string of the molecule is CC(=NO)O[C@H]1CC[C@H]2[C@@H]3CCC4=CC(=O)CC[C@]4(C)[C@H]3CC[C@]12C. The minimum atomic E-state index is 0.173. The molecule has 4 nitrogen and oxygen atoms in total. The first kappa shape index (κ1) is 17.1. The van der Waals surface area contributed by atoms with Crippen molar-refractivity contribution in [3.8, 4) is 0 Å². The van der Waals surface area contributed by atoms with E-state index < -0.39 is 0 Å². The van der Waals surface area contributed by atoms with Gasteiger partial charge in [-0.3, -0.25) is 4.79 Å². The standard InChI is InChI=1S/C21H31NO3/c1-13(22-24)25-19-7-6-17-16-5-4-14-12-15(23)8-10-20(14,2)18(16)9-11-21(17,19)3/h12,16-19,24H,4-11H2,1-3H3/t16-,17-,18-,19-,20-,21-/m0/s1. The molecule has 25 heavy (non-hydrogen) atoms. The third-order valence-corrected chi connectivity index (χ3v) is 8.33. The maximum Gasteiger partial charge on any atom is 0.222 e. The average Bonchev–Trinajstić information content (AvgIpc) is 2.92. The van der Waals surface area contributed by atoms with Gasteiger partial charge in [0.1, 0.15) is 6.10 Å². The van der Waals surface area contributed by atoms with Crippen LogP contribution in [0.2, 0.25) is 0 Å². The Morgan fingerprint density at radius 3 is 2.72 bits per heavy atom. The van der Waals surface area contributed by atoms with E-state index in [1.54, 1.807) is 6.92 Å². The van der Waals surface area contributed by atoms with E-state index in [1.807, 2.05) is 6.08 Å². The van der Waals surface area contributed by atoms with Crippen LogP contribution in [0.1, 0.15) is 72.1 Å². The molecule has 138 valence electrons. The van der Waals surface area contributed by atoms with E-state index in [1.165, 1.54) is 31.3 Å². The molecule has 0 aromatic rings. The number of carbonyl (C=O) groups excluding carboxylic acids is 1. The van der Waals surface area contributed by atoms with E-state index in [9.17, 15) is 4.79 Å². The Hall–Kier alpha value is -1.32. The second-order valence-electron chi connectivity index (χ2n) is 9.32. The molecule has 4 aliphatic carbocycles. The van der Waals surface area contributed by atoms with Crippen LogP contribution in [0.4, 0.5) is 0 Å². The highest BCUT2D eigenvalue weighted by Gasteiger charge is 2.59. The number of fused-ring (bicyclic) bond motifs is 5. The minimum Gasteiger partial charge on any atom is -0.475 e. The molecule has 4 aliphatic rings. The van der Waals surface area contributed by atoms with Crippen LogP contribution in [-0.2, 0) is 9.53 Å². The summed E-state index contributed by atoms with van der Waals surface area (Å²) in [5.74, 6) is 2.87. The lowest BCUT2D eigenvalue weighted by molar-refractivity contribution is -0.117. The molecule has 3 saturated carbocycles. The molecule has 0 radical (unpaired) electrons. The summed E-state index contributed by atoms with van der Waals surface area (Å²) >= 11 is 0. The average molecular weight is 345 g/mol. The number of carbonyl (C=O) groups is 1. The highest BCUT2D eigenvalue weighted by atomic mass is 16.5. The van der Waals surface area contributed by atoms with Crippen molar-refractivity contribution in [1.29, 1.82) is 0 Å². The van der Waals surface area contributed by atoms with Crippen LogP contribution in [0.15, 0.2) is 16.8 Å². The molecule has 0 heterocycles. The Labute approximate surface area is 150 Å². The summed E-state index contributed by atoms with van der Waals surface area (Å²) in [6.07, 6.45) is 10.9. The van der Waals surface area contributed by atoms with E-state index in [0.717, 1.165) is 31.6 Å². The van der Waals surface area contributed by atoms with Crippen molar-refractivity contribution in [2.75, 3.05) is 0 Å². The topological polar surface area (TPSA) is 58.9 Å². The highest BCUT2D eigenvalue weighted by molar-refractivity contribution is 5.91. The molecule has 0 aromatic carbocycles. The van der Waals surface area contributed by atoms with Gasteiger partial charge in [0.05, 0.1) is 0 Å². The van der Waals surface area contributed by atoms with Gasteiger partial charge >= 0.3 is 0 Å². The van der Waals surface area contributed by atoms with Crippen molar-refractivity contribution >= 4 is 11.7 Å². The molecule has 0 aliphatic heterocycles. The van der Waals surface area contributed by atoms with Gasteiger partial charge in [-0.05, 0) is 74.2 Å². The Morgan fingerprint density at radius 1 is 1.16 bits per heavy atom. The summed E-state index contributed by atoms with van der Waals surface area (Å²) in [4.78, 5) is 11.9. The molecule has 0 amide bonds. The predicted octanol–water partition coefficient (Wildman–Crippen LogP) is 4.71. The van der Waals surface area contributed by atoms with E-state index in [0.29, 0.717) is 23.5 Å². The molecule has 0 unspecified atom stereocenters. The van der Waals surface area contributed by atoms with E-state index >= 15 is 0 Å². The maximum absolute atomic E-state index is 11.9. The zero-order valence-corrected chi connectivity index (χ0v) is 15.8. The zero-order chi connectivity index (χ0) is 17.8. The zero-order valence-electron chi connectivity index (χ0n) is 15.8. The van der Waals surface area contributed by atoms with Gasteiger partial charge in [-0.1, -0.05) is 24.6 Å². The third-order valence-electron chi connectivity index (χ3n) is 8.33. The monoisotopic (exact) mass is 345 g/mol. The first-order chi connectivity index (χ1) is 11.9. The van der Waals surface area contributed by atoms with Crippen LogP contribution in [0, 0.1) is 28.6 Å². The van der Waals surface area contributed by atoms with Gasteiger partial charge in [0.25, 0.3) is 0 Å². The molecule has 0 saturated heterocycles. The Kier molecular flexibility index (Phi) is 4.01. The fraction of sp³-hybridized carbons (Fsp3) is 0.810. The lowest BCUT2D eigenvalue weighted by atomic mass is 9.47. The van der Waals surface area contributed by atoms with Gasteiger partial charge in [0.2, 0.25) is 5.90 Å². The van der Waals surface area contributed by atoms with Crippen molar-refractivity contribution in [3.63, 3.8) is 0 Å². The third kappa shape index (κ3) is 2.47. The molecule has 4 heteroatoms. The van der Waals surface area contributed by atoms with E-state index in [2.05, 4.69) is 19.0 Å². The van der Waals surface area contributed by atoms with Crippen LogP contribution in [0.25, 0.3) is 0 Å². The highest BCUT2D eigenvalue weighted by Crippen LogP contribution is 2.65. The number of oxime groups is 1. The number of ether oxygens (including phenoxy) is 1. The lowest BCUT2D eigenvalue weighted by Gasteiger charge is -2.57. The molecule has 4 rings (SSSR count). The summed E-state index contributed by atoms with van der Waals surface area (Å²) in [6, 6.07) is 0. The lowest BCUT2D eigenvalue weighted by Crippen LogP contribution is -2.51. The first-order valence-electron chi connectivity index (χ1n) is 9.97. The Bertz CT molecular complexity index is 639. The fourth-order valence-electron chi connectivity index (χ4n) is 6.93. The van der Waals surface area contributed by atoms with Gasteiger partial charge in [0.15, 0.2) is 5.78 Å². The molecule has 3 fully saturated rings. The molecule has 6 atom stereocenters. The fourth-order valence-corrected chi connectivity index (χ4v) is 6.93. The Balaban J connectivity index is 1.60. The summed E-state index contributed by atoms with van der Waals surface area (Å²) in [5, 5.41) is 12.2. The smallest absolute Gasteiger partial charge is 0.222 e. The number of hydrogen-bond donors (Lipinski definition) is 1. The van der Waals surface area contributed by atoms with Gasteiger partial charge in [-0.2, -0.15) is 0 Å². The number of hydrogen-bond acceptors (Lipinski definition) is 4. The van der Waals surface area contributed by atoms with Gasteiger partial charge in [-0.25, -0.2) is 0 Å². The van der Waals surface area contributed by atoms with Crippen LogP contribution >= 0.6 is 0 Å². The predicted molar refractivity (Wildman–Crippen MR) is 96.5 cm³/mol. The van der Waals surface area contributed by atoms with Crippen molar-refractivity contribution in [3.05, 3.63) is 11.6 Å². The molecular weight excluding hydrogens is 314 g/mol. The van der Waals surface area contributed by atoms with Crippen LogP contribution in [-0.4, -0.2) is 23.0 Å². The van der Waals surface area contributed by atoms with Gasteiger partial charge < -0.3 is 9.94 Å². The quantitative estimate of drug-likeness (QED) is 0.324. The number of rotatable bonds is 1. The van der Waals surface area contributed by atoms with E-state index in [-0.39, 0.29) is 16.9 Å². The number of allylic oxidation sites excluding steroid dienone is 1.